The minimum atomic E-state index is 0.556. The Balaban J connectivity index is 1.53. The van der Waals surface area contributed by atoms with E-state index in [4.69, 9.17) is 4.99 Å². The van der Waals surface area contributed by atoms with Gasteiger partial charge in [0.1, 0.15) is 0 Å². The first-order chi connectivity index (χ1) is 8.76. The van der Waals surface area contributed by atoms with Crippen LogP contribution in [-0.4, -0.2) is 48.5 Å². The molecule has 0 aromatic carbocycles. The Bertz CT molecular complexity index is 323. The van der Waals surface area contributed by atoms with E-state index in [1.807, 2.05) is 11.8 Å². The maximum atomic E-state index is 4.84. The van der Waals surface area contributed by atoms with Gasteiger partial charge in [0.15, 0.2) is 5.17 Å². The Hall–Kier alpha value is -0.220. The molecule has 0 radical (unpaired) electrons. The van der Waals surface area contributed by atoms with Gasteiger partial charge in [0.25, 0.3) is 0 Å². The van der Waals surface area contributed by atoms with Crippen molar-refractivity contribution in [1.29, 1.82) is 0 Å². The van der Waals surface area contributed by atoms with E-state index >= 15 is 0 Å². The first-order valence-electron chi connectivity index (χ1n) is 7.38. The fourth-order valence-corrected chi connectivity index (χ4v) is 4.70. The number of likely N-dealkylation sites (tertiary alicyclic amines) is 1. The van der Waals surface area contributed by atoms with Crippen LogP contribution in [0.4, 0.5) is 0 Å². The van der Waals surface area contributed by atoms with E-state index in [1.54, 1.807) is 0 Å². The molecule has 1 N–H and O–H groups in total. The molecule has 1 atom stereocenters. The highest BCUT2D eigenvalue weighted by molar-refractivity contribution is 8.13. The first kappa shape index (κ1) is 12.8. The van der Waals surface area contributed by atoms with Crippen molar-refractivity contribution in [2.45, 2.75) is 44.6 Å². The molecule has 2 heterocycles. The van der Waals surface area contributed by atoms with Crippen LogP contribution in [-0.2, 0) is 0 Å². The highest BCUT2D eigenvalue weighted by Crippen LogP contribution is 2.41. The number of rotatable bonds is 1. The minimum Gasteiger partial charge on any atom is -0.361 e. The van der Waals surface area contributed by atoms with Crippen molar-refractivity contribution in [2.24, 2.45) is 10.4 Å². The first-order valence-corrected chi connectivity index (χ1v) is 8.37. The Morgan fingerprint density at radius 2 is 2.17 bits per heavy atom. The molecule has 2 fully saturated rings. The van der Waals surface area contributed by atoms with Crippen LogP contribution < -0.4 is 5.32 Å². The van der Waals surface area contributed by atoms with Crippen LogP contribution in [0.2, 0.25) is 0 Å². The number of amidine groups is 1. The summed E-state index contributed by atoms with van der Waals surface area (Å²) in [6.45, 7) is 3.47. The standard InChI is InChI=1S/C14H25N3S/c1-17-8-5-12(9-17)16-13-15-10-14(11-18-13)6-3-2-4-7-14/h12H,2-11H2,1H3,(H,15,16). The van der Waals surface area contributed by atoms with E-state index < -0.39 is 0 Å². The summed E-state index contributed by atoms with van der Waals surface area (Å²) in [5, 5.41) is 4.86. The highest BCUT2D eigenvalue weighted by Gasteiger charge is 2.35. The van der Waals surface area contributed by atoms with Crippen LogP contribution in [0.5, 0.6) is 0 Å². The van der Waals surface area contributed by atoms with Crippen LogP contribution in [0, 0.1) is 5.41 Å². The molecule has 102 valence electrons. The third-order valence-electron chi connectivity index (χ3n) is 4.71. The summed E-state index contributed by atoms with van der Waals surface area (Å²) >= 11 is 1.98. The molecule has 2 aliphatic heterocycles. The van der Waals surface area contributed by atoms with E-state index in [-0.39, 0.29) is 0 Å². The summed E-state index contributed by atoms with van der Waals surface area (Å²) in [5.74, 6) is 1.29. The zero-order valence-corrected chi connectivity index (χ0v) is 12.3. The summed E-state index contributed by atoms with van der Waals surface area (Å²) in [4.78, 5) is 7.24. The molecule has 18 heavy (non-hydrogen) atoms. The molecule has 3 aliphatic rings. The number of nitrogens with zero attached hydrogens (tertiary/aromatic N) is 2. The van der Waals surface area contributed by atoms with Crippen molar-refractivity contribution in [1.82, 2.24) is 10.2 Å². The second kappa shape index (κ2) is 5.41. The summed E-state index contributed by atoms with van der Waals surface area (Å²) in [5.41, 5.74) is 0.556. The Morgan fingerprint density at radius 1 is 1.33 bits per heavy atom. The van der Waals surface area contributed by atoms with Gasteiger partial charge in [0.2, 0.25) is 0 Å². The largest absolute Gasteiger partial charge is 0.361 e. The highest BCUT2D eigenvalue weighted by atomic mass is 32.2. The lowest BCUT2D eigenvalue weighted by atomic mass is 9.75. The Kier molecular flexibility index (Phi) is 3.85. The lowest BCUT2D eigenvalue weighted by molar-refractivity contribution is 0.232. The SMILES string of the molecule is CN1CCC(NC2=NCC3(CCCCC3)CS2)C1. The van der Waals surface area contributed by atoms with Crippen LogP contribution >= 0.6 is 11.8 Å². The third-order valence-corrected chi connectivity index (χ3v) is 5.98. The average Bonchev–Trinajstić information content (AvgIpc) is 2.79. The normalized spacial score (nSPS) is 32.5. The van der Waals surface area contributed by atoms with Crippen LogP contribution in [0.25, 0.3) is 0 Å². The number of thioether (sulfide) groups is 1. The third kappa shape index (κ3) is 2.85. The quantitative estimate of drug-likeness (QED) is 0.790. The summed E-state index contributed by atoms with van der Waals surface area (Å²) in [6, 6.07) is 0.627. The molecule has 1 unspecified atom stereocenters. The molecule has 0 aromatic heterocycles. The van der Waals surface area contributed by atoms with Crippen LogP contribution in [0.1, 0.15) is 38.5 Å². The molecule has 0 aromatic rings. The Morgan fingerprint density at radius 3 is 2.78 bits per heavy atom. The predicted molar refractivity (Wildman–Crippen MR) is 79.3 cm³/mol. The van der Waals surface area contributed by atoms with Gasteiger partial charge in [0.05, 0.1) is 0 Å². The molecule has 1 saturated heterocycles. The zero-order valence-electron chi connectivity index (χ0n) is 11.5. The van der Waals surface area contributed by atoms with Crippen molar-refractivity contribution in [3.63, 3.8) is 0 Å². The smallest absolute Gasteiger partial charge is 0.156 e. The van der Waals surface area contributed by atoms with Crippen molar-refractivity contribution in [2.75, 3.05) is 32.4 Å². The average molecular weight is 267 g/mol. The minimum absolute atomic E-state index is 0.556. The molecule has 3 nitrogen and oxygen atoms in total. The second-order valence-electron chi connectivity index (χ2n) is 6.36. The van der Waals surface area contributed by atoms with Crippen LogP contribution in [0.3, 0.4) is 0 Å². The van der Waals surface area contributed by atoms with Crippen LogP contribution in [0.15, 0.2) is 4.99 Å². The summed E-state index contributed by atoms with van der Waals surface area (Å²) < 4.78 is 0. The van der Waals surface area contributed by atoms with Gasteiger partial charge >= 0.3 is 0 Å². The zero-order chi connectivity index (χ0) is 12.4. The van der Waals surface area contributed by atoms with E-state index in [0.29, 0.717) is 11.5 Å². The van der Waals surface area contributed by atoms with Crippen molar-refractivity contribution < 1.29 is 0 Å². The molecule has 0 amide bonds. The van der Waals surface area contributed by atoms with Gasteiger partial charge in [-0.3, -0.25) is 4.99 Å². The van der Waals surface area contributed by atoms with Crippen molar-refractivity contribution >= 4 is 16.9 Å². The number of aliphatic imine (C=N–C) groups is 1. The van der Waals surface area contributed by atoms with Gasteiger partial charge < -0.3 is 10.2 Å². The lowest BCUT2D eigenvalue weighted by Crippen LogP contribution is -2.41. The van der Waals surface area contributed by atoms with E-state index in [2.05, 4.69) is 17.3 Å². The number of likely N-dealkylation sites (N-methyl/N-ethyl adjacent to an activating group) is 1. The fraction of sp³-hybridized carbons (Fsp3) is 0.929. The molecule has 1 aliphatic carbocycles. The molecule has 1 saturated carbocycles. The molecular weight excluding hydrogens is 242 g/mol. The van der Waals surface area contributed by atoms with Gasteiger partial charge in [-0.25, -0.2) is 0 Å². The molecule has 0 bridgehead atoms. The monoisotopic (exact) mass is 267 g/mol. The van der Waals surface area contributed by atoms with Gasteiger partial charge in [0, 0.05) is 24.9 Å². The summed E-state index contributed by atoms with van der Waals surface area (Å²) in [6.07, 6.45) is 8.36. The molecule has 3 rings (SSSR count). The second-order valence-corrected chi connectivity index (χ2v) is 7.33. The van der Waals surface area contributed by atoms with E-state index in [0.717, 1.165) is 6.54 Å². The molecule has 1 spiro atoms. The van der Waals surface area contributed by atoms with Gasteiger partial charge in [-0.1, -0.05) is 31.0 Å². The van der Waals surface area contributed by atoms with Gasteiger partial charge in [-0.05, 0) is 38.3 Å². The fourth-order valence-electron chi connectivity index (χ4n) is 3.47. The number of hydrogen-bond acceptors (Lipinski definition) is 4. The molecular formula is C14H25N3S. The predicted octanol–water partition coefficient (Wildman–Crippen LogP) is 2.33. The number of hydrogen-bond donors (Lipinski definition) is 1. The maximum absolute atomic E-state index is 4.84. The van der Waals surface area contributed by atoms with Gasteiger partial charge in [-0.2, -0.15) is 0 Å². The topological polar surface area (TPSA) is 27.6 Å². The van der Waals surface area contributed by atoms with Gasteiger partial charge in [-0.15, -0.1) is 0 Å². The summed E-state index contributed by atoms with van der Waals surface area (Å²) in [7, 11) is 2.20. The number of nitrogens with one attached hydrogen (secondary N) is 1. The maximum Gasteiger partial charge on any atom is 0.156 e. The van der Waals surface area contributed by atoms with E-state index in [1.165, 1.54) is 62.5 Å². The lowest BCUT2D eigenvalue weighted by Gasteiger charge is -2.38. The molecule has 4 heteroatoms. The van der Waals surface area contributed by atoms with Crippen molar-refractivity contribution in [3.05, 3.63) is 0 Å². The van der Waals surface area contributed by atoms with Crippen molar-refractivity contribution in [3.8, 4) is 0 Å². The Labute approximate surface area is 115 Å². The van der Waals surface area contributed by atoms with E-state index in [9.17, 15) is 0 Å².